The van der Waals surface area contributed by atoms with Crippen LogP contribution in [-0.2, 0) is 4.79 Å². The number of primary amides is 2. The van der Waals surface area contributed by atoms with E-state index in [2.05, 4.69) is 4.99 Å². The van der Waals surface area contributed by atoms with E-state index in [1.54, 1.807) is 11.9 Å². The van der Waals surface area contributed by atoms with Gasteiger partial charge < -0.3 is 16.4 Å². The van der Waals surface area contributed by atoms with Crippen LogP contribution in [0.25, 0.3) is 0 Å². The van der Waals surface area contributed by atoms with Gasteiger partial charge in [-0.25, -0.2) is 4.79 Å². The Morgan fingerprint density at radius 3 is 2.54 bits per heavy atom. The summed E-state index contributed by atoms with van der Waals surface area (Å²) in [4.78, 5) is 26.5. The number of likely N-dealkylation sites (N-methyl/N-ethyl adjacent to an activating group) is 1. The highest BCUT2D eigenvalue weighted by Crippen LogP contribution is 2.17. The summed E-state index contributed by atoms with van der Waals surface area (Å²) in [5.74, 6) is 0.119. The Kier molecular flexibility index (Phi) is 2.50. The van der Waals surface area contributed by atoms with E-state index in [0.29, 0.717) is 18.7 Å². The molecule has 1 aliphatic rings. The standard InChI is InChI=1S/C7H12N4O2/c1-11-4(6(8)12)2-3-5(11)10-7(9)13/h4H,2-3H2,1H3,(H2,8,12)(H2,9,13)/b10-5+/t4-/m0/s1. The molecular weight excluding hydrogens is 172 g/mol. The van der Waals surface area contributed by atoms with Gasteiger partial charge >= 0.3 is 6.03 Å². The first-order valence-corrected chi connectivity index (χ1v) is 3.91. The van der Waals surface area contributed by atoms with Crippen molar-refractivity contribution in [1.82, 2.24) is 4.90 Å². The number of urea groups is 1. The lowest BCUT2D eigenvalue weighted by Gasteiger charge is -2.18. The first-order valence-electron chi connectivity index (χ1n) is 3.91. The molecule has 0 saturated carbocycles. The lowest BCUT2D eigenvalue weighted by molar-refractivity contribution is -0.121. The van der Waals surface area contributed by atoms with Crippen molar-refractivity contribution in [3.05, 3.63) is 0 Å². The van der Waals surface area contributed by atoms with Gasteiger partial charge in [0, 0.05) is 13.5 Å². The van der Waals surface area contributed by atoms with Crippen molar-refractivity contribution < 1.29 is 9.59 Å². The predicted molar refractivity (Wildman–Crippen MR) is 47.0 cm³/mol. The number of carbonyl (C=O) groups excluding carboxylic acids is 2. The Labute approximate surface area is 75.6 Å². The first-order chi connectivity index (χ1) is 6.02. The zero-order valence-corrected chi connectivity index (χ0v) is 7.36. The largest absolute Gasteiger partial charge is 0.368 e. The molecule has 6 nitrogen and oxygen atoms in total. The van der Waals surface area contributed by atoms with E-state index in [0.717, 1.165) is 0 Å². The molecular formula is C7H12N4O2. The number of hydrogen-bond donors (Lipinski definition) is 2. The van der Waals surface area contributed by atoms with Gasteiger partial charge in [0.2, 0.25) is 5.91 Å². The molecule has 1 atom stereocenters. The molecule has 13 heavy (non-hydrogen) atoms. The Hall–Kier alpha value is -1.59. The first kappa shape index (κ1) is 9.50. The smallest absolute Gasteiger partial charge is 0.339 e. The number of aliphatic imine (C=N–C) groups is 1. The molecule has 72 valence electrons. The minimum Gasteiger partial charge on any atom is -0.368 e. The quantitative estimate of drug-likeness (QED) is 0.548. The fourth-order valence-electron chi connectivity index (χ4n) is 1.41. The van der Waals surface area contributed by atoms with E-state index >= 15 is 0 Å². The minimum absolute atomic E-state index is 0.363. The molecule has 1 aliphatic heterocycles. The van der Waals surface area contributed by atoms with E-state index in [1.165, 1.54) is 0 Å². The van der Waals surface area contributed by atoms with Gasteiger partial charge in [0.05, 0.1) is 0 Å². The molecule has 0 bridgehead atoms. The van der Waals surface area contributed by atoms with Crippen molar-refractivity contribution in [3.63, 3.8) is 0 Å². The topological polar surface area (TPSA) is 102 Å². The van der Waals surface area contributed by atoms with Crippen LogP contribution in [0, 0.1) is 0 Å². The number of likely N-dealkylation sites (tertiary alicyclic amines) is 1. The molecule has 6 heteroatoms. The van der Waals surface area contributed by atoms with Crippen molar-refractivity contribution >= 4 is 17.8 Å². The third-order valence-electron chi connectivity index (χ3n) is 2.08. The average molecular weight is 184 g/mol. The van der Waals surface area contributed by atoms with Crippen molar-refractivity contribution in [2.75, 3.05) is 7.05 Å². The van der Waals surface area contributed by atoms with Crippen molar-refractivity contribution in [3.8, 4) is 0 Å². The van der Waals surface area contributed by atoms with Gasteiger partial charge in [-0.2, -0.15) is 4.99 Å². The minimum atomic E-state index is -0.744. The van der Waals surface area contributed by atoms with Gasteiger partial charge in [0.25, 0.3) is 0 Å². The fraction of sp³-hybridized carbons (Fsp3) is 0.571. The maximum Gasteiger partial charge on any atom is 0.339 e. The SMILES string of the molecule is CN1/C(=N/C(N)=O)CC[C@H]1C(N)=O. The molecule has 0 unspecified atom stereocenters. The average Bonchev–Trinajstić information content (AvgIpc) is 2.32. The number of rotatable bonds is 1. The van der Waals surface area contributed by atoms with Crippen molar-refractivity contribution in [1.29, 1.82) is 0 Å². The van der Waals surface area contributed by atoms with Crippen LogP contribution in [0.3, 0.4) is 0 Å². The van der Waals surface area contributed by atoms with Gasteiger partial charge in [-0.05, 0) is 6.42 Å². The van der Waals surface area contributed by atoms with Gasteiger partial charge in [0.1, 0.15) is 11.9 Å². The summed E-state index contributed by atoms with van der Waals surface area (Å²) in [6, 6.07) is -1.11. The molecule has 4 N–H and O–H groups in total. The molecule has 1 saturated heterocycles. The van der Waals surface area contributed by atoms with Gasteiger partial charge in [-0.3, -0.25) is 4.79 Å². The monoisotopic (exact) mass is 184 g/mol. The molecule has 3 amide bonds. The third kappa shape index (κ3) is 1.95. The van der Waals surface area contributed by atoms with E-state index in [1.807, 2.05) is 0 Å². The third-order valence-corrected chi connectivity index (χ3v) is 2.08. The van der Waals surface area contributed by atoms with Crippen LogP contribution in [0.15, 0.2) is 4.99 Å². The molecule has 0 aromatic heterocycles. The molecule has 1 heterocycles. The second-order valence-electron chi connectivity index (χ2n) is 2.93. The number of nitrogens with two attached hydrogens (primary N) is 2. The molecule has 0 radical (unpaired) electrons. The number of hydrogen-bond acceptors (Lipinski definition) is 2. The highest BCUT2D eigenvalue weighted by atomic mass is 16.2. The second-order valence-corrected chi connectivity index (χ2v) is 2.93. The lowest BCUT2D eigenvalue weighted by atomic mass is 10.2. The summed E-state index contributed by atoms with van der Waals surface area (Å²) in [7, 11) is 1.67. The number of nitrogens with zero attached hydrogens (tertiary/aromatic N) is 2. The second kappa shape index (κ2) is 3.42. The normalized spacial score (nSPS) is 25.2. The summed E-state index contributed by atoms with van der Waals surface area (Å²) in [5, 5.41) is 0. The van der Waals surface area contributed by atoms with Crippen molar-refractivity contribution in [2.24, 2.45) is 16.5 Å². The van der Waals surface area contributed by atoms with Crippen LogP contribution >= 0.6 is 0 Å². The lowest BCUT2D eigenvalue weighted by Crippen LogP contribution is -2.39. The molecule has 0 aromatic carbocycles. The van der Waals surface area contributed by atoms with Crippen LogP contribution in [0.5, 0.6) is 0 Å². The van der Waals surface area contributed by atoms with Crippen LogP contribution in [0.2, 0.25) is 0 Å². The van der Waals surface area contributed by atoms with Crippen LogP contribution in [-0.4, -0.2) is 35.8 Å². The maximum atomic E-state index is 10.9. The molecule has 0 aliphatic carbocycles. The molecule has 1 rings (SSSR count). The zero-order chi connectivity index (χ0) is 10.0. The Balaban J connectivity index is 2.76. The van der Waals surface area contributed by atoms with Gasteiger partial charge in [-0.15, -0.1) is 0 Å². The van der Waals surface area contributed by atoms with Crippen molar-refractivity contribution in [2.45, 2.75) is 18.9 Å². The Bertz CT molecular complexity index is 274. The highest BCUT2D eigenvalue weighted by molar-refractivity contribution is 5.98. The number of amides is 3. The van der Waals surface area contributed by atoms with E-state index < -0.39 is 11.9 Å². The molecule has 1 fully saturated rings. The summed E-state index contributed by atoms with van der Waals surface area (Å²) in [6.45, 7) is 0. The highest BCUT2D eigenvalue weighted by Gasteiger charge is 2.30. The van der Waals surface area contributed by atoms with Gasteiger partial charge in [0.15, 0.2) is 0 Å². The Morgan fingerprint density at radius 1 is 1.54 bits per heavy atom. The molecule has 0 spiro atoms. The number of carbonyl (C=O) groups is 2. The van der Waals surface area contributed by atoms with E-state index in [4.69, 9.17) is 11.5 Å². The molecule has 0 aromatic rings. The predicted octanol–water partition coefficient (Wildman–Crippen LogP) is -0.957. The number of amidine groups is 1. The Morgan fingerprint density at radius 2 is 2.15 bits per heavy atom. The maximum absolute atomic E-state index is 10.9. The summed E-state index contributed by atoms with van der Waals surface area (Å²) >= 11 is 0. The fourth-order valence-corrected chi connectivity index (χ4v) is 1.41. The van der Waals surface area contributed by atoms with Crippen LogP contribution in [0.1, 0.15) is 12.8 Å². The summed E-state index contributed by atoms with van der Waals surface area (Å²) in [6.07, 6.45) is 1.16. The van der Waals surface area contributed by atoms with Crippen LogP contribution in [0.4, 0.5) is 4.79 Å². The van der Waals surface area contributed by atoms with E-state index in [9.17, 15) is 9.59 Å². The van der Waals surface area contributed by atoms with E-state index in [-0.39, 0.29) is 6.04 Å². The summed E-state index contributed by atoms with van der Waals surface area (Å²) in [5.41, 5.74) is 10.0. The zero-order valence-electron chi connectivity index (χ0n) is 7.36. The van der Waals surface area contributed by atoms with Gasteiger partial charge in [-0.1, -0.05) is 0 Å². The summed E-state index contributed by atoms with van der Waals surface area (Å²) < 4.78 is 0. The van der Waals surface area contributed by atoms with Crippen LogP contribution < -0.4 is 11.5 Å².